The van der Waals surface area contributed by atoms with E-state index in [9.17, 15) is 9.59 Å². The number of carboxylic acid groups (broad SMARTS) is 1. The van der Waals surface area contributed by atoms with Gasteiger partial charge in [0.2, 0.25) is 0 Å². The fourth-order valence-electron chi connectivity index (χ4n) is 0.873. The summed E-state index contributed by atoms with van der Waals surface area (Å²) in [4.78, 5) is 25.1. The van der Waals surface area contributed by atoms with E-state index in [1.165, 1.54) is 25.4 Å². The van der Waals surface area contributed by atoms with Crippen molar-refractivity contribution in [3.8, 4) is 11.8 Å². The van der Waals surface area contributed by atoms with Gasteiger partial charge in [-0.2, -0.15) is 0 Å². The number of hydrogen-bond donors (Lipinski definition) is 1. The van der Waals surface area contributed by atoms with Crippen molar-refractivity contribution in [1.29, 1.82) is 0 Å². The van der Waals surface area contributed by atoms with Crippen LogP contribution in [0.5, 0.6) is 0 Å². The highest BCUT2D eigenvalue weighted by Gasteiger charge is 2.01. The maximum Gasteiger partial charge on any atom is 0.337 e. The van der Waals surface area contributed by atoms with Gasteiger partial charge in [-0.1, -0.05) is 5.92 Å². The Morgan fingerprint density at radius 1 is 1.50 bits per heavy atom. The molecule has 16 heavy (non-hydrogen) atoms. The van der Waals surface area contributed by atoms with E-state index in [0.717, 1.165) is 0 Å². The van der Waals surface area contributed by atoms with E-state index in [-0.39, 0.29) is 12.0 Å². The predicted octanol–water partition coefficient (Wildman–Crippen LogP) is 0.694. The first kappa shape index (κ1) is 11.7. The largest absolute Gasteiger partial charge is 0.478 e. The van der Waals surface area contributed by atoms with Gasteiger partial charge in [0.15, 0.2) is 0 Å². The molecule has 1 heterocycles. The van der Waals surface area contributed by atoms with Crippen LogP contribution in [0.4, 0.5) is 0 Å². The molecule has 0 saturated heterocycles. The van der Waals surface area contributed by atoms with Crippen LogP contribution < -0.4 is 0 Å². The number of carbonyl (C=O) groups excluding carboxylic acids is 1. The second-order valence-corrected chi connectivity index (χ2v) is 2.79. The van der Waals surface area contributed by atoms with E-state index in [1.807, 2.05) is 0 Å². The summed E-state index contributed by atoms with van der Waals surface area (Å²) in [5.41, 5.74) is 0.507. The molecular formula is C11H9NO4. The third-order valence-electron chi connectivity index (χ3n) is 1.69. The van der Waals surface area contributed by atoms with Gasteiger partial charge >= 0.3 is 11.9 Å². The van der Waals surface area contributed by atoms with Gasteiger partial charge in [0.05, 0.1) is 12.7 Å². The highest BCUT2D eigenvalue weighted by molar-refractivity contribution is 5.87. The van der Waals surface area contributed by atoms with E-state index in [2.05, 4.69) is 21.6 Å². The monoisotopic (exact) mass is 219 g/mol. The van der Waals surface area contributed by atoms with Crippen molar-refractivity contribution >= 4 is 11.9 Å². The number of carbonyl (C=O) groups is 2. The Hall–Kier alpha value is -2.35. The van der Waals surface area contributed by atoms with Crippen LogP contribution in [-0.2, 0) is 9.53 Å². The molecule has 0 aliphatic heterocycles. The number of aromatic nitrogens is 1. The third-order valence-corrected chi connectivity index (χ3v) is 1.69. The molecule has 1 N–H and O–H groups in total. The lowest BCUT2D eigenvalue weighted by Gasteiger charge is -1.93. The highest BCUT2D eigenvalue weighted by atomic mass is 16.5. The van der Waals surface area contributed by atoms with Gasteiger partial charge in [0, 0.05) is 6.20 Å². The van der Waals surface area contributed by atoms with Crippen molar-refractivity contribution in [3.05, 3.63) is 29.6 Å². The van der Waals surface area contributed by atoms with Crippen molar-refractivity contribution in [2.75, 3.05) is 7.11 Å². The number of methoxy groups -OCH3 is 1. The number of nitrogens with zero attached hydrogens (tertiary/aromatic N) is 1. The second-order valence-electron chi connectivity index (χ2n) is 2.79. The van der Waals surface area contributed by atoms with Gasteiger partial charge in [-0.05, 0) is 18.1 Å². The molecule has 5 nitrogen and oxygen atoms in total. The van der Waals surface area contributed by atoms with Crippen LogP contribution in [0, 0.1) is 11.8 Å². The minimum atomic E-state index is -1.04. The molecule has 0 radical (unpaired) electrons. The minimum Gasteiger partial charge on any atom is -0.478 e. The summed E-state index contributed by atoms with van der Waals surface area (Å²) in [5, 5.41) is 8.62. The van der Waals surface area contributed by atoms with Crippen molar-refractivity contribution < 1.29 is 19.4 Å². The number of hydrogen-bond acceptors (Lipinski definition) is 4. The first-order valence-electron chi connectivity index (χ1n) is 4.38. The zero-order chi connectivity index (χ0) is 12.0. The minimum absolute atomic E-state index is 0.0150. The van der Waals surface area contributed by atoms with Gasteiger partial charge < -0.3 is 9.84 Å². The molecule has 0 amide bonds. The Bertz CT molecular complexity index is 453. The molecule has 0 bridgehead atoms. The van der Waals surface area contributed by atoms with Gasteiger partial charge in [-0.3, -0.25) is 4.79 Å². The van der Waals surface area contributed by atoms with Crippen LogP contribution in [0.1, 0.15) is 22.5 Å². The standard InChI is InChI=1S/C11H9NO4/c1-16-10(13)4-2-3-9-6-5-8(7-12-9)11(14)15/h5-7H,4H2,1H3,(H,14,15). The molecular weight excluding hydrogens is 210 g/mol. The first-order chi connectivity index (χ1) is 7.63. The molecule has 5 heteroatoms. The number of rotatable bonds is 2. The Balaban J connectivity index is 2.68. The van der Waals surface area contributed by atoms with Gasteiger partial charge in [-0.25, -0.2) is 9.78 Å². The third kappa shape index (κ3) is 3.42. The molecule has 0 aliphatic rings. The van der Waals surface area contributed by atoms with E-state index >= 15 is 0 Å². The molecule has 0 unspecified atom stereocenters. The van der Waals surface area contributed by atoms with Crippen molar-refractivity contribution in [2.24, 2.45) is 0 Å². The predicted molar refractivity (Wildman–Crippen MR) is 54.7 cm³/mol. The highest BCUT2D eigenvalue weighted by Crippen LogP contribution is 1.98. The molecule has 0 fully saturated rings. The number of esters is 1. The number of aromatic carboxylic acids is 1. The van der Waals surface area contributed by atoms with Crippen LogP contribution in [0.2, 0.25) is 0 Å². The summed E-state index contributed by atoms with van der Waals surface area (Å²) in [6, 6.07) is 2.88. The van der Waals surface area contributed by atoms with Gasteiger partial charge in [-0.15, -0.1) is 0 Å². The maximum atomic E-state index is 10.7. The number of pyridine rings is 1. The Labute approximate surface area is 92.1 Å². The molecule has 1 aromatic heterocycles. The summed E-state index contributed by atoms with van der Waals surface area (Å²) >= 11 is 0. The SMILES string of the molecule is COC(=O)CC#Cc1ccc(C(=O)O)cn1. The van der Waals surface area contributed by atoms with Crippen LogP contribution in [0.25, 0.3) is 0 Å². The van der Waals surface area contributed by atoms with Crippen molar-refractivity contribution in [2.45, 2.75) is 6.42 Å². The summed E-state index contributed by atoms with van der Waals surface area (Å²) in [6.45, 7) is 0. The van der Waals surface area contributed by atoms with Crippen molar-refractivity contribution in [3.63, 3.8) is 0 Å². The van der Waals surface area contributed by atoms with E-state index in [4.69, 9.17) is 5.11 Å². The average molecular weight is 219 g/mol. The topological polar surface area (TPSA) is 76.5 Å². The molecule has 1 aromatic rings. The Morgan fingerprint density at radius 2 is 2.25 bits per heavy atom. The lowest BCUT2D eigenvalue weighted by atomic mass is 10.2. The molecule has 1 rings (SSSR count). The molecule has 0 saturated carbocycles. The van der Waals surface area contributed by atoms with E-state index in [0.29, 0.717) is 5.69 Å². The van der Waals surface area contributed by atoms with E-state index in [1.54, 1.807) is 0 Å². The molecule has 0 aromatic carbocycles. The number of ether oxygens (including phenoxy) is 1. The smallest absolute Gasteiger partial charge is 0.337 e. The molecule has 0 spiro atoms. The summed E-state index contributed by atoms with van der Waals surface area (Å²) in [7, 11) is 1.28. The fraction of sp³-hybridized carbons (Fsp3) is 0.182. The van der Waals surface area contributed by atoms with Crippen LogP contribution in [-0.4, -0.2) is 29.1 Å². The molecule has 0 atom stereocenters. The van der Waals surface area contributed by atoms with Crippen LogP contribution in [0.3, 0.4) is 0 Å². The summed E-state index contributed by atoms with van der Waals surface area (Å²) in [5.74, 6) is 3.73. The second kappa shape index (κ2) is 5.51. The Kier molecular flexibility index (Phi) is 4.04. The normalized spacial score (nSPS) is 8.81. The first-order valence-corrected chi connectivity index (χ1v) is 4.38. The average Bonchev–Trinajstić information content (AvgIpc) is 2.29. The maximum absolute atomic E-state index is 10.7. The lowest BCUT2D eigenvalue weighted by Crippen LogP contribution is -1.98. The summed E-state index contributed by atoms with van der Waals surface area (Å²) < 4.78 is 4.40. The lowest BCUT2D eigenvalue weighted by molar-refractivity contribution is -0.139. The van der Waals surface area contributed by atoms with Crippen molar-refractivity contribution in [1.82, 2.24) is 4.98 Å². The van der Waals surface area contributed by atoms with Gasteiger partial charge in [0.25, 0.3) is 0 Å². The zero-order valence-electron chi connectivity index (χ0n) is 8.56. The number of carboxylic acids is 1. The molecule has 82 valence electrons. The zero-order valence-corrected chi connectivity index (χ0v) is 8.56. The Morgan fingerprint density at radius 3 is 2.75 bits per heavy atom. The fourth-order valence-corrected chi connectivity index (χ4v) is 0.873. The molecule has 0 aliphatic carbocycles. The summed E-state index contributed by atoms with van der Waals surface area (Å²) in [6.07, 6.45) is 1.20. The van der Waals surface area contributed by atoms with E-state index < -0.39 is 11.9 Å². The van der Waals surface area contributed by atoms with Gasteiger partial charge in [0.1, 0.15) is 12.1 Å². The quantitative estimate of drug-likeness (QED) is 0.585. The van der Waals surface area contributed by atoms with Crippen LogP contribution in [0.15, 0.2) is 18.3 Å². The van der Waals surface area contributed by atoms with Crippen LogP contribution >= 0.6 is 0 Å².